The van der Waals surface area contributed by atoms with Gasteiger partial charge in [-0.05, 0) is 24.5 Å². The Labute approximate surface area is 126 Å². The molecule has 21 heavy (non-hydrogen) atoms. The normalized spacial score (nSPS) is 21.3. The van der Waals surface area contributed by atoms with E-state index < -0.39 is 0 Å². The number of ether oxygens (including phenoxy) is 2. The van der Waals surface area contributed by atoms with Gasteiger partial charge in [0, 0.05) is 30.8 Å². The van der Waals surface area contributed by atoms with Crippen molar-refractivity contribution in [3.05, 3.63) is 24.3 Å². The van der Waals surface area contributed by atoms with Crippen molar-refractivity contribution in [2.24, 2.45) is 11.8 Å². The molecule has 2 N–H and O–H groups in total. The Morgan fingerprint density at radius 1 is 1.48 bits per heavy atom. The third kappa shape index (κ3) is 4.36. The first-order valence-corrected chi connectivity index (χ1v) is 7.40. The number of urea groups is 1. The molecular formula is C16H24N2O3. The molecule has 5 nitrogen and oxygen atoms in total. The largest absolute Gasteiger partial charge is 0.497 e. The first-order chi connectivity index (χ1) is 10.1. The number of carbonyl (C=O) groups excluding carboxylic acids is 1. The van der Waals surface area contributed by atoms with Crippen molar-refractivity contribution >= 4 is 11.7 Å². The molecule has 1 saturated heterocycles. The van der Waals surface area contributed by atoms with Crippen molar-refractivity contribution in [2.75, 3.05) is 25.6 Å². The average molecular weight is 292 g/mol. The summed E-state index contributed by atoms with van der Waals surface area (Å²) in [5.74, 6) is 1.58. The summed E-state index contributed by atoms with van der Waals surface area (Å²) in [5.41, 5.74) is 0.718. The molecule has 1 aromatic rings. The van der Waals surface area contributed by atoms with Gasteiger partial charge in [-0.25, -0.2) is 4.79 Å². The fraction of sp³-hybridized carbons (Fsp3) is 0.562. The molecule has 1 aromatic carbocycles. The van der Waals surface area contributed by atoms with Gasteiger partial charge >= 0.3 is 6.03 Å². The molecule has 5 heteroatoms. The quantitative estimate of drug-likeness (QED) is 0.877. The number of amides is 2. The van der Waals surface area contributed by atoms with Gasteiger partial charge in [-0.3, -0.25) is 0 Å². The Hall–Kier alpha value is -1.75. The highest BCUT2D eigenvalue weighted by Gasteiger charge is 2.30. The molecule has 0 bridgehead atoms. The van der Waals surface area contributed by atoms with Crippen LogP contribution in [0, 0.1) is 11.8 Å². The Bertz CT molecular complexity index is 476. The molecule has 0 spiro atoms. The van der Waals surface area contributed by atoms with Crippen LogP contribution in [-0.4, -0.2) is 32.4 Å². The first-order valence-electron chi connectivity index (χ1n) is 7.40. The lowest BCUT2D eigenvalue weighted by Crippen LogP contribution is -2.37. The number of hydrogen-bond acceptors (Lipinski definition) is 3. The Morgan fingerprint density at radius 2 is 2.29 bits per heavy atom. The molecule has 0 aromatic heterocycles. The Morgan fingerprint density at radius 3 is 3.00 bits per heavy atom. The van der Waals surface area contributed by atoms with E-state index in [9.17, 15) is 4.79 Å². The number of carbonyl (C=O) groups is 1. The van der Waals surface area contributed by atoms with Gasteiger partial charge in [0.2, 0.25) is 0 Å². The zero-order valence-electron chi connectivity index (χ0n) is 12.9. The molecule has 2 atom stereocenters. The lowest BCUT2D eigenvalue weighted by molar-refractivity contribution is 0.0546. The molecule has 0 unspecified atom stereocenters. The fourth-order valence-electron chi connectivity index (χ4n) is 2.71. The topological polar surface area (TPSA) is 59.6 Å². The van der Waals surface area contributed by atoms with Crippen molar-refractivity contribution in [2.45, 2.75) is 26.4 Å². The SMILES string of the molecule is COc1cccc(NC(=O)NC[C@@H]2CCO[C@H]2C(C)C)c1. The maximum Gasteiger partial charge on any atom is 0.319 e. The van der Waals surface area contributed by atoms with E-state index in [1.54, 1.807) is 13.2 Å². The van der Waals surface area contributed by atoms with Gasteiger partial charge in [0.25, 0.3) is 0 Å². The lowest BCUT2D eigenvalue weighted by atomic mass is 9.93. The summed E-state index contributed by atoms with van der Waals surface area (Å²) in [6, 6.07) is 7.10. The van der Waals surface area contributed by atoms with Crippen molar-refractivity contribution in [1.29, 1.82) is 0 Å². The van der Waals surface area contributed by atoms with Crippen LogP contribution in [0.2, 0.25) is 0 Å². The molecule has 1 aliphatic rings. The molecule has 2 rings (SSSR count). The highest BCUT2D eigenvalue weighted by atomic mass is 16.5. The second-order valence-corrected chi connectivity index (χ2v) is 5.70. The molecule has 1 fully saturated rings. The zero-order chi connectivity index (χ0) is 15.2. The highest BCUT2D eigenvalue weighted by Crippen LogP contribution is 2.26. The standard InChI is InChI=1S/C16H24N2O3/c1-11(2)15-12(7-8-21-15)10-17-16(19)18-13-5-4-6-14(9-13)20-3/h4-6,9,11-12,15H,7-8,10H2,1-3H3,(H2,17,18,19)/t12-,15-/m0/s1. The van der Waals surface area contributed by atoms with E-state index in [0.29, 0.717) is 18.4 Å². The van der Waals surface area contributed by atoms with Crippen LogP contribution < -0.4 is 15.4 Å². The Balaban J connectivity index is 1.82. The van der Waals surface area contributed by atoms with Gasteiger partial charge in [0.15, 0.2) is 0 Å². The molecule has 0 radical (unpaired) electrons. The number of rotatable bonds is 5. The number of methoxy groups -OCH3 is 1. The highest BCUT2D eigenvalue weighted by molar-refractivity contribution is 5.89. The average Bonchev–Trinajstić information content (AvgIpc) is 2.94. The summed E-state index contributed by atoms with van der Waals surface area (Å²) in [6.45, 7) is 5.73. The van der Waals surface area contributed by atoms with Crippen LogP contribution in [0.15, 0.2) is 24.3 Å². The van der Waals surface area contributed by atoms with E-state index in [-0.39, 0.29) is 12.1 Å². The van der Waals surface area contributed by atoms with Gasteiger partial charge in [-0.15, -0.1) is 0 Å². The van der Waals surface area contributed by atoms with E-state index in [2.05, 4.69) is 24.5 Å². The smallest absolute Gasteiger partial charge is 0.319 e. The third-order valence-corrected chi connectivity index (χ3v) is 3.77. The van der Waals surface area contributed by atoms with Gasteiger partial charge < -0.3 is 20.1 Å². The second-order valence-electron chi connectivity index (χ2n) is 5.70. The number of benzene rings is 1. The monoisotopic (exact) mass is 292 g/mol. The summed E-state index contributed by atoms with van der Waals surface area (Å²) in [4.78, 5) is 11.9. The summed E-state index contributed by atoms with van der Waals surface area (Å²) >= 11 is 0. The van der Waals surface area contributed by atoms with E-state index >= 15 is 0 Å². The minimum Gasteiger partial charge on any atom is -0.497 e. The van der Waals surface area contributed by atoms with Crippen LogP contribution in [0.3, 0.4) is 0 Å². The van der Waals surface area contributed by atoms with Crippen molar-refractivity contribution in [1.82, 2.24) is 5.32 Å². The molecule has 1 heterocycles. The lowest BCUT2D eigenvalue weighted by Gasteiger charge is -2.22. The first kappa shape index (κ1) is 15.6. The van der Waals surface area contributed by atoms with Crippen molar-refractivity contribution < 1.29 is 14.3 Å². The second kappa shape index (κ2) is 7.31. The minimum absolute atomic E-state index is 0.197. The zero-order valence-corrected chi connectivity index (χ0v) is 12.9. The van der Waals surface area contributed by atoms with Gasteiger partial charge in [-0.1, -0.05) is 19.9 Å². The predicted octanol–water partition coefficient (Wildman–Crippen LogP) is 2.88. The maximum atomic E-state index is 11.9. The fourth-order valence-corrected chi connectivity index (χ4v) is 2.71. The van der Waals surface area contributed by atoms with Gasteiger partial charge in [0.1, 0.15) is 5.75 Å². The summed E-state index contributed by atoms with van der Waals surface area (Å²) in [7, 11) is 1.60. The number of hydrogen-bond donors (Lipinski definition) is 2. The van der Waals surface area contributed by atoms with Crippen LogP contribution >= 0.6 is 0 Å². The van der Waals surface area contributed by atoms with Crippen LogP contribution in [0.4, 0.5) is 10.5 Å². The molecular weight excluding hydrogens is 268 g/mol. The minimum atomic E-state index is -0.197. The van der Waals surface area contributed by atoms with Crippen LogP contribution in [-0.2, 0) is 4.74 Å². The van der Waals surface area contributed by atoms with Gasteiger partial charge in [0.05, 0.1) is 13.2 Å². The van der Waals surface area contributed by atoms with E-state index in [1.807, 2.05) is 18.2 Å². The summed E-state index contributed by atoms with van der Waals surface area (Å²) in [6.07, 6.45) is 1.24. The van der Waals surface area contributed by atoms with E-state index in [4.69, 9.17) is 9.47 Å². The van der Waals surface area contributed by atoms with Crippen molar-refractivity contribution in [3.8, 4) is 5.75 Å². The molecule has 1 aliphatic heterocycles. The van der Waals surface area contributed by atoms with Crippen LogP contribution in [0.1, 0.15) is 20.3 Å². The molecule has 0 saturated carbocycles. The summed E-state index contributed by atoms with van der Waals surface area (Å²) < 4.78 is 10.8. The van der Waals surface area contributed by atoms with Crippen molar-refractivity contribution in [3.63, 3.8) is 0 Å². The molecule has 116 valence electrons. The van der Waals surface area contributed by atoms with Crippen LogP contribution in [0.25, 0.3) is 0 Å². The predicted molar refractivity (Wildman–Crippen MR) is 82.7 cm³/mol. The number of anilines is 1. The molecule has 2 amide bonds. The van der Waals surface area contributed by atoms with Gasteiger partial charge in [-0.2, -0.15) is 0 Å². The number of nitrogens with one attached hydrogen (secondary N) is 2. The molecule has 0 aliphatic carbocycles. The van der Waals surface area contributed by atoms with Crippen LogP contribution in [0.5, 0.6) is 5.75 Å². The van der Waals surface area contributed by atoms with E-state index in [1.165, 1.54) is 0 Å². The maximum absolute atomic E-state index is 11.9. The summed E-state index contributed by atoms with van der Waals surface area (Å²) in [5, 5.41) is 5.74. The Kier molecular flexibility index (Phi) is 5.44. The van der Waals surface area contributed by atoms with E-state index in [0.717, 1.165) is 24.5 Å². The third-order valence-electron chi connectivity index (χ3n) is 3.77.